The first kappa shape index (κ1) is 25.1. The van der Waals surface area contributed by atoms with Crippen molar-refractivity contribution in [1.82, 2.24) is 9.97 Å². The zero-order chi connectivity index (χ0) is 26.1. The fraction of sp³-hybridized carbons (Fsp3) is 0.296. The number of piperazine rings is 1. The second-order valence-electron chi connectivity index (χ2n) is 8.86. The first-order chi connectivity index (χ1) is 17.9. The largest absolute Gasteiger partial charge is 0.497 e. The first-order valence-corrected chi connectivity index (χ1v) is 13.1. The average Bonchev–Trinajstić information content (AvgIpc) is 3.27. The minimum Gasteiger partial charge on any atom is -0.497 e. The number of nitrogens with one attached hydrogen (secondary N) is 1. The smallest absolute Gasteiger partial charge is 0.266 e. The molecule has 0 unspecified atom stereocenters. The number of methoxy groups -OCH3 is 2. The molecule has 1 aliphatic rings. The summed E-state index contributed by atoms with van der Waals surface area (Å²) in [4.78, 5) is 28.5. The molecule has 0 atom stereocenters. The van der Waals surface area contributed by atoms with Gasteiger partial charge < -0.3 is 24.6 Å². The third-order valence-corrected chi connectivity index (χ3v) is 8.26. The van der Waals surface area contributed by atoms with Crippen LogP contribution in [0.5, 0.6) is 11.5 Å². The Morgan fingerprint density at radius 1 is 1.00 bits per heavy atom. The van der Waals surface area contributed by atoms with E-state index in [1.807, 2.05) is 32.0 Å². The van der Waals surface area contributed by atoms with Gasteiger partial charge in [0.25, 0.3) is 5.91 Å². The number of ether oxygens (including phenoxy) is 2. The number of anilines is 3. The lowest BCUT2D eigenvalue weighted by Crippen LogP contribution is -2.46. The summed E-state index contributed by atoms with van der Waals surface area (Å²) in [7, 11) is 3.23. The number of halogens is 1. The molecule has 0 radical (unpaired) electrons. The summed E-state index contributed by atoms with van der Waals surface area (Å²) in [5, 5.41) is 4.50. The number of carbonyl (C=O) groups excluding carboxylic acids is 1. The topological polar surface area (TPSA) is 79.8 Å². The van der Waals surface area contributed by atoms with Gasteiger partial charge in [-0.3, -0.25) is 4.79 Å². The fourth-order valence-corrected chi connectivity index (χ4v) is 5.78. The molecule has 0 aliphatic carbocycles. The van der Waals surface area contributed by atoms with Crippen molar-refractivity contribution in [2.45, 2.75) is 13.8 Å². The van der Waals surface area contributed by atoms with Crippen LogP contribution in [0.25, 0.3) is 10.2 Å². The van der Waals surface area contributed by atoms with Gasteiger partial charge in [-0.05, 0) is 55.3 Å². The molecule has 1 amide bonds. The molecule has 1 fully saturated rings. The summed E-state index contributed by atoms with van der Waals surface area (Å²) in [5.74, 6) is 2.02. The number of thiophene rings is 1. The van der Waals surface area contributed by atoms with Gasteiger partial charge in [-0.2, -0.15) is 0 Å². The highest BCUT2D eigenvalue weighted by atomic mass is 35.5. The molecule has 8 nitrogen and oxygen atoms in total. The van der Waals surface area contributed by atoms with Gasteiger partial charge in [-0.25, -0.2) is 9.97 Å². The lowest BCUT2D eigenvalue weighted by Gasteiger charge is -2.37. The number of aromatic nitrogens is 2. The lowest BCUT2D eigenvalue weighted by molar-refractivity contribution is 0.102. The minimum absolute atomic E-state index is 0.212. The second-order valence-corrected chi connectivity index (χ2v) is 10.3. The van der Waals surface area contributed by atoms with Crippen molar-refractivity contribution in [3.05, 3.63) is 63.8 Å². The van der Waals surface area contributed by atoms with Crippen LogP contribution in [0.4, 0.5) is 17.2 Å². The van der Waals surface area contributed by atoms with Crippen LogP contribution in [0.15, 0.2) is 42.7 Å². The number of amides is 1. The van der Waals surface area contributed by atoms with E-state index in [2.05, 4.69) is 37.2 Å². The molecular weight excluding hydrogens is 510 g/mol. The molecular formula is C27H28ClN5O3S. The van der Waals surface area contributed by atoms with E-state index in [9.17, 15) is 4.79 Å². The molecule has 1 N–H and O–H groups in total. The predicted molar refractivity (Wildman–Crippen MR) is 150 cm³/mol. The Bertz CT molecular complexity index is 1450. The zero-order valence-corrected chi connectivity index (χ0v) is 22.7. The molecule has 5 rings (SSSR count). The molecule has 2 aromatic heterocycles. The number of hydrogen-bond acceptors (Lipinski definition) is 8. The van der Waals surface area contributed by atoms with Crippen LogP contribution < -0.4 is 24.6 Å². The Morgan fingerprint density at radius 2 is 1.70 bits per heavy atom. The van der Waals surface area contributed by atoms with E-state index in [4.69, 9.17) is 21.1 Å². The second kappa shape index (κ2) is 10.4. The number of aryl methyl sites for hydroxylation is 2. The summed E-state index contributed by atoms with van der Waals surface area (Å²) >= 11 is 7.60. The first-order valence-electron chi connectivity index (χ1n) is 11.9. The van der Waals surface area contributed by atoms with Crippen LogP contribution >= 0.6 is 22.9 Å². The number of rotatable bonds is 6. The number of nitrogens with zero attached hydrogens (tertiary/aromatic N) is 4. The molecule has 10 heteroatoms. The molecule has 0 spiro atoms. The normalized spacial score (nSPS) is 13.6. The van der Waals surface area contributed by atoms with E-state index in [1.165, 1.54) is 17.0 Å². The van der Waals surface area contributed by atoms with E-state index in [0.29, 0.717) is 21.3 Å². The highest BCUT2D eigenvalue weighted by Gasteiger charge is 2.25. The van der Waals surface area contributed by atoms with Gasteiger partial charge in [-0.15, -0.1) is 11.3 Å². The van der Waals surface area contributed by atoms with Gasteiger partial charge in [0, 0.05) is 43.0 Å². The van der Waals surface area contributed by atoms with E-state index in [1.54, 1.807) is 26.6 Å². The maximum absolute atomic E-state index is 13.3. The van der Waals surface area contributed by atoms with E-state index < -0.39 is 0 Å². The zero-order valence-electron chi connectivity index (χ0n) is 21.2. The van der Waals surface area contributed by atoms with Crippen LogP contribution in [-0.4, -0.2) is 56.3 Å². The molecule has 4 aromatic rings. The Labute approximate surface area is 224 Å². The van der Waals surface area contributed by atoms with Crippen LogP contribution in [0, 0.1) is 13.8 Å². The molecule has 3 heterocycles. The Balaban J connectivity index is 1.37. The van der Waals surface area contributed by atoms with Crippen LogP contribution in [0.1, 0.15) is 20.8 Å². The highest BCUT2D eigenvalue weighted by molar-refractivity contribution is 7.20. The van der Waals surface area contributed by atoms with Gasteiger partial charge in [0.15, 0.2) is 0 Å². The molecule has 1 aliphatic heterocycles. The monoisotopic (exact) mass is 537 g/mol. The SMILES string of the molecule is COc1ccc(N2CCN(c3ncnc4sc(C(=O)Nc5cc(C)c(Cl)cc5OC)c(C)c34)CC2)cc1. The summed E-state index contributed by atoms with van der Waals surface area (Å²) in [6.07, 6.45) is 1.58. The molecule has 37 heavy (non-hydrogen) atoms. The van der Waals surface area contributed by atoms with Crippen molar-refractivity contribution >= 4 is 56.3 Å². The summed E-state index contributed by atoms with van der Waals surface area (Å²) in [6.45, 7) is 7.21. The number of fused-ring (bicyclic) bond motifs is 1. The van der Waals surface area contributed by atoms with Crippen molar-refractivity contribution < 1.29 is 14.3 Å². The molecule has 2 aromatic carbocycles. The standard InChI is InChI=1S/C27H28ClN5O3S/c1-16-13-21(22(36-4)14-20(16)28)31-26(34)24-17(2)23-25(29-15-30-27(23)37-24)33-11-9-32(10-12-33)18-5-7-19(35-3)8-6-18/h5-8,13-15H,9-12H2,1-4H3,(H,31,34). The predicted octanol–water partition coefficient (Wildman–Crippen LogP) is 5.56. The molecule has 192 valence electrons. The van der Waals surface area contributed by atoms with E-state index >= 15 is 0 Å². The quantitative estimate of drug-likeness (QED) is 0.345. The van der Waals surface area contributed by atoms with Gasteiger partial charge >= 0.3 is 0 Å². The third-order valence-electron chi connectivity index (χ3n) is 6.66. The maximum Gasteiger partial charge on any atom is 0.266 e. The molecule has 0 bridgehead atoms. The Hall–Kier alpha value is -3.56. The third kappa shape index (κ3) is 4.89. The van der Waals surface area contributed by atoms with Crippen molar-refractivity contribution in [3.8, 4) is 11.5 Å². The fourth-order valence-electron chi connectivity index (χ4n) is 4.59. The van der Waals surface area contributed by atoms with Crippen LogP contribution in [-0.2, 0) is 0 Å². The summed E-state index contributed by atoms with van der Waals surface area (Å²) in [6, 6.07) is 11.7. The van der Waals surface area contributed by atoms with Crippen molar-refractivity contribution in [3.63, 3.8) is 0 Å². The summed E-state index contributed by atoms with van der Waals surface area (Å²) < 4.78 is 10.7. The number of hydrogen-bond donors (Lipinski definition) is 1. The van der Waals surface area contributed by atoms with Crippen molar-refractivity contribution in [2.24, 2.45) is 0 Å². The van der Waals surface area contributed by atoms with Gasteiger partial charge in [0.2, 0.25) is 0 Å². The molecule has 0 saturated carbocycles. The van der Waals surface area contributed by atoms with Crippen LogP contribution in [0.3, 0.4) is 0 Å². The van der Waals surface area contributed by atoms with Crippen molar-refractivity contribution in [2.75, 3.05) is 55.5 Å². The van der Waals surface area contributed by atoms with Crippen LogP contribution in [0.2, 0.25) is 5.02 Å². The number of benzene rings is 2. The Morgan fingerprint density at radius 3 is 2.38 bits per heavy atom. The number of carbonyl (C=O) groups is 1. The van der Waals surface area contributed by atoms with Crippen molar-refractivity contribution in [1.29, 1.82) is 0 Å². The van der Waals surface area contributed by atoms with Gasteiger partial charge in [0.1, 0.15) is 28.5 Å². The van der Waals surface area contributed by atoms with E-state index in [0.717, 1.165) is 59.1 Å². The van der Waals surface area contributed by atoms with Gasteiger partial charge in [0.05, 0.1) is 30.2 Å². The lowest BCUT2D eigenvalue weighted by atomic mass is 10.1. The molecule has 1 saturated heterocycles. The van der Waals surface area contributed by atoms with Gasteiger partial charge in [-0.1, -0.05) is 11.6 Å². The Kier molecular flexibility index (Phi) is 7.08. The summed E-state index contributed by atoms with van der Waals surface area (Å²) in [5.41, 5.74) is 3.47. The maximum atomic E-state index is 13.3. The van der Waals surface area contributed by atoms with E-state index in [-0.39, 0.29) is 5.91 Å². The highest BCUT2D eigenvalue weighted by Crippen LogP contribution is 2.37. The average molecular weight is 538 g/mol. The minimum atomic E-state index is -0.212.